The molecule has 1 aliphatic heterocycles. The number of aryl methyl sites for hydroxylation is 1. The number of rotatable bonds is 3. The number of carbonyl (C=O) groups is 3. The van der Waals surface area contributed by atoms with Gasteiger partial charge in [0, 0.05) is 30.4 Å². The molecule has 146 valence electrons. The highest BCUT2D eigenvalue weighted by atomic mass is 16.2. The molecular weight excluding hydrogens is 342 g/mol. The molecule has 1 saturated heterocycles. The second-order valence-electron chi connectivity index (χ2n) is 7.62. The van der Waals surface area contributed by atoms with Crippen molar-refractivity contribution >= 4 is 29.1 Å². The summed E-state index contributed by atoms with van der Waals surface area (Å²) >= 11 is 0. The number of hydrogen-bond acceptors (Lipinski definition) is 3. The molecule has 3 amide bonds. The molecule has 1 aliphatic carbocycles. The van der Waals surface area contributed by atoms with Crippen molar-refractivity contribution in [1.29, 1.82) is 0 Å². The van der Waals surface area contributed by atoms with Crippen LogP contribution in [0.4, 0.5) is 11.4 Å². The number of piperidine rings is 1. The molecular formula is C21H29N3O3. The predicted octanol–water partition coefficient (Wildman–Crippen LogP) is 3.29. The van der Waals surface area contributed by atoms with Gasteiger partial charge in [-0.2, -0.15) is 0 Å². The minimum Gasteiger partial charge on any atom is -0.345 e. The Balaban J connectivity index is 1.64. The van der Waals surface area contributed by atoms with Gasteiger partial charge in [-0.15, -0.1) is 0 Å². The first-order valence-electron chi connectivity index (χ1n) is 10.1. The molecule has 3 rings (SSSR count). The first kappa shape index (κ1) is 19.4. The van der Waals surface area contributed by atoms with E-state index < -0.39 is 11.8 Å². The summed E-state index contributed by atoms with van der Waals surface area (Å²) in [5, 5.41) is 5.54. The fraction of sp³-hybridized carbons (Fsp3) is 0.571. The first-order valence-corrected chi connectivity index (χ1v) is 10.1. The third kappa shape index (κ3) is 5.08. The maximum Gasteiger partial charge on any atom is 0.313 e. The monoisotopic (exact) mass is 371 g/mol. The van der Waals surface area contributed by atoms with E-state index in [4.69, 9.17) is 0 Å². The molecule has 1 saturated carbocycles. The molecule has 2 aliphatic rings. The van der Waals surface area contributed by atoms with Crippen LogP contribution in [0.25, 0.3) is 0 Å². The van der Waals surface area contributed by atoms with Crippen molar-refractivity contribution in [2.75, 3.05) is 16.8 Å². The summed E-state index contributed by atoms with van der Waals surface area (Å²) in [6.45, 7) is 2.64. The normalized spacial score (nSPS) is 18.7. The Morgan fingerprint density at radius 1 is 1.00 bits per heavy atom. The molecule has 6 nitrogen and oxygen atoms in total. The number of anilines is 2. The number of nitrogens with one attached hydrogen (secondary N) is 2. The van der Waals surface area contributed by atoms with Gasteiger partial charge < -0.3 is 15.5 Å². The zero-order valence-corrected chi connectivity index (χ0v) is 16.1. The Bertz CT molecular complexity index is 709. The third-order valence-corrected chi connectivity index (χ3v) is 5.48. The number of amides is 3. The van der Waals surface area contributed by atoms with E-state index in [1.54, 1.807) is 17.0 Å². The number of hydrogen-bond donors (Lipinski definition) is 2. The SMILES string of the molecule is Cc1ccc(NC(=O)C(=O)NC2CCCCCC2)cc1N1CCCCC1=O. The lowest BCUT2D eigenvalue weighted by Gasteiger charge is -2.28. The van der Waals surface area contributed by atoms with Crippen molar-refractivity contribution in [1.82, 2.24) is 5.32 Å². The lowest BCUT2D eigenvalue weighted by molar-refractivity contribution is -0.136. The molecule has 2 fully saturated rings. The van der Waals surface area contributed by atoms with Crippen LogP contribution in [0.5, 0.6) is 0 Å². The van der Waals surface area contributed by atoms with Crippen molar-refractivity contribution in [3.63, 3.8) is 0 Å². The van der Waals surface area contributed by atoms with E-state index in [9.17, 15) is 14.4 Å². The molecule has 0 atom stereocenters. The standard InChI is InChI=1S/C21H29N3O3/c1-15-11-12-17(14-18(15)24-13-7-6-10-19(24)25)23-21(27)20(26)22-16-8-4-2-3-5-9-16/h11-12,14,16H,2-10,13H2,1H3,(H,22,26)(H,23,27). The molecule has 6 heteroatoms. The minimum absolute atomic E-state index is 0.0882. The van der Waals surface area contributed by atoms with E-state index in [1.165, 1.54) is 12.8 Å². The van der Waals surface area contributed by atoms with Crippen molar-refractivity contribution < 1.29 is 14.4 Å². The van der Waals surface area contributed by atoms with Crippen LogP contribution in [0.1, 0.15) is 63.4 Å². The summed E-state index contributed by atoms with van der Waals surface area (Å²) in [5.74, 6) is -1.13. The molecule has 0 radical (unpaired) electrons. The van der Waals surface area contributed by atoms with Crippen LogP contribution in [-0.4, -0.2) is 30.3 Å². The molecule has 0 spiro atoms. The maximum atomic E-state index is 12.3. The summed E-state index contributed by atoms with van der Waals surface area (Å²) in [4.78, 5) is 38.5. The average Bonchev–Trinajstić information content (AvgIpc) is 2.92. The minimum atomic E-state index is -0.654. The van der Waals surface area contributed by atoms with Crippen LogP contribution in [0.2, 0.25) is 0 Å². The summed E-state index contributed by atoms with van der Waals surface area (Å²) in [6.07, 6.45) is 8.91. The lowest BCUT2D eigenvalue weighted by Crippen LogP contribution is -2.41. The van der Waals surface area contributed by atoms with Crippen LogP contribution < -0.4 is 15.5 Å². The number of carbonyl (C=O) groups excluding carboxylic acids is 3. The Labute approximate surface area is 160 Å². The average molecular weight is 371 g/mol. The topological polar surface area (TPSA) is 78.5 Å². The fourth-order valence-electron chi connectivity index (χ4n) is 3.90. The highest BCUT2D eigenvalue weighted by Crippen LogP contribution is 2.27. The summed E-state index contributed by atoms with van der Waals surface area (Å²) in [7, 11) is 0. The van der Waals surface area contributed by atoms with Crippen LogP contribution in [0.15, 0.2) is 18.2 Å². The van der Waals surface area contributed by atoms with E-state index in [0.29, 0.717) is 18.7 Å². The molecule has 1 aromatic rings. The highest BCUT2D eigenvalue weighted by molar-refractivity contribution is 6.39. The van der Waals surface area contributed by atoms with Gasteiger partial charge in [0.25, 0.3) is 0 Å². The predicted molar refractivity (Wildman–Crippen MR) is 106 cm³/mol. The second kappa shape index (κ2) is 9.02. The number of benzene rings is 1. The summed E-state index contributed by atoms with van der Waals surface area (Å²) in [6, 6.07) is 5.51. The van der Waals surface area contributed by atoms with E-state index in [1.807, 2.05) is 13.0 Å². The van der Waals surface area contributed by atoms with Crippen LogP contribution >= 0.6 is 0 Å². The van der Waals surface area contributed by atoms with Crippen molar-refractivity contribution in [3.05, 3.63) is 23.8 Å². The zero-order chi connectivity index (χ0) is 19.2. The molecule has 0 aromatic heterocycles. The third-order valence-electron chi connectivity index (χ3n) is 5.48. The Morgan fingerprint density at radius 3 is 2.44 bits per heavy atom. The van der Waals surface area contributed by atoms with Crippen molar-refractivity contribution in [3.8, 4) is 0 Å². The second-order valence-corrected chi connectivity index (χ2v) is 7.62. The van der Waals surface area contributed by atoms with Crippen molar-refractivity contribution in [2.24, 2.45) is 0 Å². The largest absolute Gasteiger partial charge is 0.345 e. The fourth-order valence-corrected chi connectivity index (χ4v) is 3.90. The Hall–Kier alpha value is -2.37. The molecule has 2 N–H and O–H groups in total. The van der Waals surface area contributed by atoms with Gasteiger partial charge in [-0.05, 0) is 50.3 Å². The Morgan fingerprint density at radius 2 is 1.74 bits per heavy atom. The molecule has 0 bridgehead atoms. The molecule has 1 aromatic carbocycles. The molecule has 1 heterocycles. The molecule has 0 unspecified atom stereocenters. The van der Waals surface area contributed by atoms with E-state index in [2.05, 4.69) is 10.6 Å². The van der Waals surface area contributed by atoms with Gasteiger partial charge in [0.05, 0.1) is 0 Å². The van der Waals surface area contributed by atoms with Gasteiger partial charge in [0.15, 0.2) is 0 Å². The maximum absolute atomic E-state index is 12.3. The van der Waals surface area contributed by atoms with E-state index in [0.717, 1.165) is 49.8 Å². The quantitative estimate of drug-likeness (QED) is 0.632. The van der Waals surface area contributed by atoms with Gasteiger partial charge in [-0.3, -0.25) is 14.4 Å². The summed E-state index contributed by atoms with van der Waals surface area (Å²) < 4.78 is 0. The zero-order valence-electron chi connectivity index (χ0n) is 16.1. The summed E-state index contributed by atoms with van der Waals surface area (Å²) in [5.41, 5.74) is 2.32. The van der Waals surface area contributed by atoms with Gasteiger partial charge >= 0.3 is 11.8 Å². The van der Waals surface area contributed by atoms with Gasteiger partial charge in [0.1, 0.15) is 0 Å². The Kier molecular flexibility index (Phi) is 6.48. The van der Waals surface area contributed by atoms with Crippen molar-refractivity contribution in [2.45, 2.75) is 70.8 Å². The van der Waals surface area contributed by atoms with Gasteiger partial charge in [0.2, 0.25) is 5.91 Å². The first-order chi connectivity index (χ1) is 13.0. The smallest absolute Gasteiger partial charge is 0.313 e. The van der Waals surface area contributed by atoms with Gasteiger partial charge in [-0.1, -0.05) is 31.7 Å². The van der Waals surface area contributed by atoms with Gasteiger partial charge in [-0.25, -0.2) is 0 Å². The van der Waals surface area contributed by atoms with E-state index in [-0.39, 0.29) is 11.9 Å². The van der Waals surface area contributed by atoms with Crippen LogP contribution in [-0.2, 0) is 14.4 Å². The van der Waals surface area contributed by atoms with E-state index >= 15 is 0 Å². The lowest BCUT2D eigenvalue weighted by atomic mass is 10.1. The highest BCUT2D eigenvalue weighted by Gasteiger charge is 2.23. The number of nitrogens with zero attached hydrogens (tertiary/aromatic N) is 1. The molecule has 27 heavy (non-hydrogen) atoms. The van der Waals surface area contributed by atoms with Crippen LogP contribution in [0.3, 0.4) is 0 Å². The van der Waals surface area contributed by atoms with Crippen LogP contribution in [0, 0.1) is 6.92 Å².